The summed E-state index contributed by atoms with van der Waals surface area (Å²) in [6, 6.07) is 55.6. The molecule has 0 aliphatic rings. The van der Waals surface area contributed by atoms with Crippen molar-refractivity contribution in [3.05, 3.63) is 174 Å². The van der Waals surface area contributed by atoms with Crippen molar-refractivity contribution in [2.75, 3.05) is 0 Å². The quantitative estimate of drug-likeness (QED) is 0.181. The second kappa shape index (κ2) is 11.4. The van der Waals surface area contributed by atoms with Crippen molar-refractivity contribution in [1.29, 1.82) is 10.5 Å². The van der Waals surface area contributed by atoms with Gasteiger partial charge in [0.25, 0.3) is 0 Å². The predicted molar refractivity (Wildman–Crippen MR) is 202 cm³/mol. The van der Waals surface area contributed by atoms with Crippen molar-refractivity contribution >= 4 is 49.3 Å². The van der Waals surface area contributed by atoms with Gasteiger partial charge in [-0.3, -0.25) is 0 Å². The van der Waals surface area contributed by atoms with Gasteiger partial charge in [-0.15, -0.1) is 0 Å². The third kappa shape index (κ3) is 4.31. The van der Waals surface area contributed by atoms with Gasteiger partial charge in [0.05, 0.1) is 57.6 Å². The van der Waals surface area contributed by atoms with Gasteiger partial charge in [0.2, 0.25) is 5.69 Å². The molecule has 50 heavy (non-hydrogen) atoms. The summed E-state index contributed by atoms with van der Waals surface area (Å²) < 4.78 is 4.43. The fourth-order valence-electron chi connectivity index (χ4n) is 7.44. The van der Waals surface area contributed by atoms with E-state index < -0.39 is 0 Å². The molecule has 2 aromatic heterocycles. The summed E-state index contributed by atoms with van der Waals surface area (Å²) in [7, 11) is 0. The SMILES string of the molecule is [C-]#[N+]c1cccc2c3cc(C#N)ccc3n(-c3ccc(-c4ccc(C#N)cc4-c4ccccc4-n4c5ccccc5c5ccccc54)cc3)c12. The molecule has 0 fully saturated rings. The van der Waals surface area contributed by atoms with Gasteiger partial charge in [0, 0.05) is 27.4 Å². The molecule has 0 amide bonds. The Labute approximate surface area is 288 Å². The molecule has 0 saturated heterocycles. The van der Waals surface area contributed by atoms with Gasteiger partial charge in [-0.2, -0.15) is 10.5 Å². The normalized spacial score (nSPS) is 11.1. The van der Waals surface area contributed by atoms with Gasteiger partial charge in [-0.1, -0.05) is 91.0 Å². The van der Waals surface area contributed by atoms with E-state index in [0.717, 1.165) is 66.5 Å². The van der Waals surface area contributed by atoms with Crippen LogP contribution in [-0.4, -0.2) is 9.13 Å². The smallest absolute Gasteiger partial charge is 0.211 e. The molecule has 0 radical (unpaired) electrons. The van der Waals surface area contributed by atoms with Crippen LogP contribution in [0.25, 0.3) is 82.1 Å². The second-order valence-electron chi connectivity index (χ2n) is 12.3. The topological polar surface area (TPSA) is 61.8 Å². The Morgan fingerprint density at radius 1 is 0.480 bits per heavy atom. The summed E-state index contributed by atoms with van der Waals surface area (Å²) in [4.78, 5) is 3.85. The third-order valence-electron chi connectivity index (χ3n) is 9.62. The number of nitriles is 2. The van der Waals surface area contributed by atoms with E-state index in [9.17, 15) is 10.5 Å². The fourth-order valence-corrected chi connectivity index (χ4v) is 7.44. The number of nitrogens with zero attached hydrogens (tertiary/aromatic N) is 5. The molecule has 0 N–H and O–H groups in total. The Bertz CT molecular complexity index is 2900. The van der Waals surface area contributed by atoms with Crippen LogP contribution < -0.4 is 0 Å². The first kappa shape index (κ1) is 28.8. The first-order chi connectivity index (χ1) is 24.7. The largest absolute Gasteiger partial charge is 0.319 e. The van der Waals surface area contributed by atoms with E-state index in [1.165, 1.54) is 10.8 Å². The molecule has 9 rings (SSSR count). The van der Waals surface area contributed by atoms with Crippen LogP contribution in [0, 0.1) is 29.2 Å². The van der Waals surface area contributed by atoms with Gasteiger partial charge in [0.1, 0.15) is 0 Å². The van der Waals surface area contributed by atoms with E-state index in [-0.39, 0.29) is 0 Å². The maximum atomic E-state index is 10.0. The van der Waals surface area contributed by atoms with Crippen LogP contribution in [0.4, 0.5) is 5.69 Å². The number of benzene rings is 7. The zero-order valence-electron chi connectivity index (χ0n) is 26.7. The lowest BCUT2D eigenvalue weighted by Crippen LogP contribution is -1.98. The molecule has 0 atom stereocenters. The van der Waals surface area contributed by atoms with Crippen LogP contribution in [0.1, 0.15) is 11.1 Å². The molecule has 0 spiro atoms. The van der Waals surface area contributed by atoms with Crippen molar-refractivity contribution in [3.63, 3.8) is 0 Å². The zero-order chi connectivity index (χ0) is 33.8. The lowest BCUT2D eigenvalue weighted by molar-refractivity contribution is 1.18. The Morgan fingerprint density at radius 2 is 1.10 bits per heavy atom. The molecule has 5 nitrogen and oxygen atoms in total. The van der Waals surface area contributed by atoms with E-state index in [0.29, 0.717) is 16.8 Å². The number of aromatic nitrogens is 2. The van der Waals surface area contributed by atoms with Crippen LogP contribution in [0.2, 0.25) is 0 Å². The van der Waals surface area contributed by atoms with Crippen LogP contribution in [0.15, 0.2) is 152 Å². The zero-order valence-corrected chi connectivity index (χ0v) is 26.7. The lowest BCUT2D eigenvalue weighted by atomic mass is 9.91. The highest BCUT2D eigenvalue weighted by atomic mass is 15.0. The van der Waals surface area contributed by atoms with E-state index in [2.05, 4.69) is 117 Å². The molecule has 0 unspecified atom stereocenters. The van der Waals surface area contributed by atoms with Gasteiger partial charge in [-0.05, 0) is 82.7 Å². The summed E-state index contributed by atoms with van der Waals surface area (Å²) in [5, 5.41) is 23.9. The van der Waals surface area contributed by atoms with Crippen molar-refractivity contribution in [2.45, 2.75) is 0 Å². The lowest BCUT2D eigenvalue weighted by Gasteiger charge is -2.18. The summed E-state index contributed by atoms with van der Waals surface area (Å²) in [6.45, 7) is 7.91. The van der Waals surface area contributed by atoms with Crippen molar-refractivity contribution < 1.29 is 0 Å². The summed E-state index contributed by atoms with van der Waals surface area (Å²) in [5.41, 5.74) is 11.7. The average Bonchev–Trinajstić information content (AvgIpc) is 3.70. The monoisotopic (exact) mass is 635 g/mol. The molecule has 7 aromatic carbocycles. The Kier molecular flexibility index (Phi) is 6.56. The molecule has 230 valence electrons. The first-order valence-electron chi connectivity index (χ1n) is 16.3. The predicted octanol–water partition coefficient (Wildman–Crippen LogP) is 11.5. The number of para-hydroxylation sites is 4. The van der Waals surface area contributed by atoms with Gasteiger partial charge >= 0.3 is 0 Å². The van der Waals surface area contributed by atoms with Gasteiger partial charge < -0.3 is 9.13 Å². The first-order valence-corrected chi connectivity index (χ1v) is 16.3. The molecule has 0 bridgehead atoms. The molecule has 0 aliphatic heterocycles. The van der Waals surface area contributed by atoms with Crippen LogP contribution in [0.3, 0.4) is 0 Å². The number of hydrogen-bond acceptors (Lipinski definition) is 2. The number of fused-ring (bicyclic) bond motifs is 6. The van der Waals surface area contributed by atoms with E-state index in [4.69, 9.17) is 6.57 Å². The third-order valence-corrected chi connectivity index (χ3v) is 9.62. The highest BCUT2D eigenvalue weighted by Crippen LogP contribution is 2.41. The van der Waals surface area contributed by atoms with Gasteiger partial charge in [-0.25, -0.2) is 4.85 Å². The summed E-state index contributed by atoms with van der Waals surface area (Å²) in [5.74, 6) is 0. The van der Waals surface area contributed by atoms with Crippen molar-refractivity contribution in [3.8, 4) is 45.8 Å². The minimum atomic E-state index is 0.553. The van der Waals surface area contributed by atoms with E-state index in [1.807, 2.05) is 60.7 Å². The van der Waals surface area contributed by atoms with E-state index in [1.54, 1.807) is 0 Å². The Morgan fingerprint density at radius 3 is 1.82 bits per heavy atom. The fraction of sp³-hybridized carbons (Fsp3) is 0. The molecule has 5 heteroatoms. The van der Waals surface area contributed by atoms with Crippen LogP contribution in [0.5, 0.6) is 0 Å². The minimum Gasteiger partial charge on any atom is -0.319 e. The van der Waals surface area contributed by atoms with E-state index >= 15 is 0 Å². The molecule has 2 heterocycles. The van der Waals surface area contributed by atoms with Crippen molar-refractivity contribution in [2.24, 2.45) is 0 Å². The minimum absolute atomic E-state index is 0.553. The maximum absolute atomic E-state index is 10.0. The summed E-state index contributed by atoms with van der Waals surface area (Å²) in [6.07, 6.45) is 0. The number of rotatable bonds is 4. The van der Waals surface area contributed by atoms with Gasteiger partial charge in [0.15, 0.2) is 0 Å². The Balaban J connectivity index is 1.24. The van der Waals surface area contributed by atoms with Crippen LogP contribution in [-0.2, 0) is 0 Å². The highest BCUT2D eigenvalue weighted by Gasteiger charge is 2.19. The highest BCUT2D eigenvalue weighted by molar-refractivity contribution is 6.14. The molecular weight excluding hydrogens is 611 g/mol. The standard InChI is InChI=1S/C45H25N5/c1-48-40-13-8-12-37-39-26-30(28-47)18-24-44(39)49(45(37)40)32-21-19-31(20-22-32)33-23-17-29(27-46)25-38(33)36-11-4-7-16-43(36)50-41-14-5-2-9-34(41)35-10-3-6-15-42(35)50/h2-26H. The Hall–Kier alpha value is -7.39. The average molecular weight is 636 g/mol. The second-order valence-corrected chi connectivity index (χ2v) is 12.3. The summed E-state index contributed by atoms with van der Waals surface area (Å²) >= 11 is 0. The maximum Gasteiger partial charge on any atom is 0.211 e. The number of hydrogen-bond donors (Lipinski definition) is 0. The molecular formula is C45H25N5. The molecule has 9 aromatic rings. The van der Waals surface area contributed by atoms with Crippen LogP contribution >= 0.6 is 0 Å². The molecule has 0 saturated carbocycles. The van der Waals surface area contributed by atoms with Crippen molar-refractivity contribution in [1.82, 2.24) is 9.13 Å². The molecule has 0 aliphatic carbocycles.